The summed E-state index contributed by atoms with van der Waals surface area (Å²) in [5.41, 5.74) is 37.2. The lowest BCUT2D eigenvalue weighted by Crippen LogP contribution is -2.70. The minimum atomic E-state index is -1.66. The van der Waals surface area contributed by atoms with Gasteiger partial charge in [-0.2, -0.15) is 0 Å². The minimum Gasteiger partial charge on any atom is -0.388 e. The molecule has 6 saturated heterocycles. The fraction of sp³-hybridized carbons (Fsp3) is 1.00. The van der Waals surface area contributed by atoms with Crippen LogP contribution in [0, 0.1) is 0 Å². The summed E-state index contributed by atoms with van der Waals surface area (Å²) >= 11 is 0. The summed E-state index contributed by atoms with van der Waals surface area (Å²) in [7, 11) is 0. The van der Waals surface area contributed by atoms with Crippen molar-refractivity contribution in [1.82, 2.24) is 0 Å². The molecule has 0 spiro atoms. The highest BCUT2D eigenvalue weighted by Crippen LogP contribution is 2.36. The van der Waals surface area contributed by atoms with Crippen molar-refractivity contribution in [3.05, 3.63) is 0 Å². The van der Waals surface area contributed by atoms with Crippen LogP contribution in [0.1, 0.15) is 41.5 Å². The van der Waals surface area contributed by atoms with Gasteiger partial charge in [0.05, 0.1) is 72.9 Å². The minimum absolute atomic E-state index is 0.737. The van der Waals surface area contributed by atoms with Crippen LogP contribution in [-0.2, 0) is 52.1 Å². The lowest BCUT2D eigenvalue weighted by molar-refractivity contribution is -0.398. The molecule has 30 atom stereocenters. The molecule has 0 aliphatic carbocycles. The van der Waals surface area contributed by atoms with Crippen LogP contribution in [0.25, 0.3) is 0 Å². The number of hydrogen-bond acceptors (Lipinski definition) is 25. The smallest absolute Gasteiger partial charge is 0.187 e. The quantitative estimate of drug-likeness (QED) is 0.0968. The molecule has 20 N–H and O–H groups in total. The summed E-state index contributed by atoms with van der Waals surface area (Å²) in [5, 5.41) is 89.1. The van der Waals surface area contributed by atoms with Crippen LogP contribution in [0.2, 0.25) is 0 Å². The Bertz CT molecular complexity index is 1420. The zero-order chi connectivity index (χ0) is 45.1. The molecule has 0 saturated carbocycles. The van der Waals surface area contributed by atoms with Crippen LogP contribution in [0.4, 0.5) is 0 Å². The van der Waals surface area contributed by atoms with Gasteiger partial charge in [0.15, 0.2) is 37.7 Å². The predicted octanol–water partition coefficient (Wildman–Crippen LogP) is -8.14. The molecule has 0 aromatic carbocycles. The highest BCUT2D eigenvalue weighted by Gasteiger charge is 2.56. The SMILES string of the molecule is C[C@H]1O[C@H](O[C@@H]2[C@@H](O[C@@H]3[C@@H](O[C@@H]4[C@@H](O[C@@H]5[C@@H](O[C@H]6[C@@H](O)[C@H](N)[C@@H](C)O[C@@H]6O)O[C@H](C)[C@@H](N)[C@@H]5O)O[C@H](C)[C@@H](N)[C@@H]4O)O[C@H](C)[C@@H](N)[C@@H]3O)O[C@H](C)[C@@H](N)[C@@H]2O)[C@@H](O)[C@@H](O)[C@@H]1N. The Morgan fingerprint density at radius 2 is 0.492 bits per heavy atom. The van der Waals surface area contributed by atoms with Crippen molar-refractivity contribution in [2.75, 3.05) is 0 Å². The number of aliphatic hydroxyl groups excluding tert-OH is 8. The zero-order valence-corrected chi connectivity index (χ0v) is 34.9. The number of hydrogen-bond donors (Lipinski definition) is 14. The summed E-state index contributed by atoms with van der Waals surface area (Å²) < 4.78 is 66.3. The van der Waals surface area contributed by atoms with E-state index < -0.39 is 184 Å². The van der Waals surface area contributed by atoms with Crippen LogP contribution < -0.4 is 34.4 Å². The van der Waals surface area contributed by atoms with Gasteiger partial charge in [-0.3, -0.25) is 0 Å². The molecule has 6 heterocycles. The maximum Gasteiger partial charge on any atom is 0.187 e. The van der Waals surface area contributed by atoms with E-state index in [1.165, 1.54) is 0 Å². The molecule has 0 amide bonds. The average Bonchev–Trinajstić information content (AvgIpc) is 3.21. The summed E-state index contributed by atoms with van der Waals surface area (Å²) in [5.74, 6) is 0. The van der Waals surface area contributed by atoms with Crippen molar-refractivity contribution in [3.63, 3.8) is 0 Å². The van der Waals surface area contributed by atoms with Crippen LogP contribution in [0.5, 0.6) is 0 Å². The normalized spacial score (nSPS) is 57.4. The van der Waals surface area contributed by atoms with Crippen LogP contribution >= 0.6 is 0 Å². The summed E-state index contributed by atoms with van der Waals surface area (Å²) in [6.45, 7) is 9.33. The topological polar surface area (TPSA) is 419 Å². The summed E-state index contributed by atoms with van der Waals surface area (Å²) in [6.07, 6.45) is -33.2. The van der Waals surface area contributed by atoms with E-state index in [0.29, 0.717) is 0 Å². The third-order valence-electron chi connectivity index (χ3n) is 12.8. The highest BCUT2D eigenvalue weighted by molar-refractivity contribution is 5.00. The summed E-state index contributed by atoms with van der Waals surface area (Å²) in [6, 6.07) is -6.24. The van der Waals surface area contributed by atoms with E-state index >= 15 is 0 Å². The van der Waals surface area contributed by atoms with E-state index in [2.05, 4.69) is 0 Å². The van der Waals surface area contributed by atoms with Crippen molar-refractivity contribution in [2.24, 2.45) is 34.4 Å². The second-order valence-electron chi connectivity index (χ2n) is 17.2. The first-order chi connectivity index (χ1) is 28.5. The first kappa shape index (κ1) is 49.4. The molecule has 61 heavy (non-hydrogen) atoms. The first-order valence-corrected chi connectivity index (χ1v) is 20.7. The van der Waals surface area contributed by atoms with Crippen LogP contribution in [-0.4, -0.2) is 225 Å². The monoisotopic (exact) mass is 888 g/mol. The molecule has 6 fully saturated rings. The van der Waals surface area contributed by atoms with Crippen molar-refractivity contribution < 1.29 is 93.0 Å². The third kappa shape index (κ3) is 9.92. The number of aliphatic hydroxyl groups is 8. The van der Waals surface area contributed by atoms with Gasteiger partial charge < -0.3 is 127 Å². The Balaban J connectivity index is 1.27. The number of ether oxygens (including phenoxy) is 11. The molecular weight excluding hydrogens is 820 g/mol. The third-order valence-corrected chi connectivity index (χ3v) is 12.8. The molecular formula is C36H68N6O19. The standard InChI is InChI=1S/C36H68N6O19/c1-7-14(38)20(44)26(31(50)51-7)57-33-28(22(46)16(40)9(3)53-33)59-35-30(24(48)18(42)11(5)55-35)61-36-29(23(47)17(41)12(6)56-36)60-34-27(21(45)15(39)10(4)54-34)58-32-25(49)19(43)13(37)8(2)52-32/h7-36,43-50H,37-42H2,1-6H3/t7-,8-,9-,10-,11-,12-,13-,14-,15-,16-,17-,18-,19+,20+,21+,22+,23+,24+,25+,26+,27+,28+,29+,30+,31+,32-,33-,34-,35-,36-/m1/s1. The van der Waals surface area contributed by atoms with E-state index in [4.69, 9.17) is 86.5 Å². The molecule has 6 rings (SSSR count). The van der Waals surface area contributed by atoms with E-state index in [0.717, 1.165) is 0 Å². The van der Waals surface area contributed by atoms with E-state index in [1.54, 1.807) is 41.5 Å². The second-order valence-corrected chi connectivity index (χ2v) is 17.2. The van der Waals surface area contributed by atoms with Crippen LogP contribution in [0.3, 0.4) is 0 Å². The lowest BCUT2D eigenvalue weighted by atomic mass is 9.94. The van der Waals surface area contributed by atoms with Crippen molar-refractivity contribution in [1.29, 1.82) is 0 Å². The molecule has 0 radical (unpaired) electrons. The molecule has 0 unspecified atom stereocenters. The molecule has 25 heteroatoms. The van der Waals surface area contributed by atoms with Crippen molar-refractivity contribution in [2.45, 2.75) is 225 Å². The molecule has 25 nitrogen and oxygen atoms in total. The van der Waals surface area contributed by atoms with Gasteiger partial charge in [-0.05, 0) is 41.5 Å². The molecule has 0 aromatic heterocycles. The summed E-state index contributed by atoms with van der Waals surface area (Å²) in [4.78, 5) is 0. The van der Waals surface area contributed by atoms with Gasteiger partial charge in [0.1, 0.15) is 73.2 Å². The van der Waals surface area contributed by atoms with Gasteiger partial charge in [0, 0.05) is 0 Å². The second kappa shape index (κ2) is 19.8. The number of nitrogens with two attached hydrogens (primary N) is 6. The van der Waals surface area contributed by atoms with Gasteiger partial charge in [0.25, 0.3) is 0 Å². The molecule has 6 aliphatic heterocycles. The van der Waals surface area contributed by atoms with Gasteiger partial charge in [0.2, 0.25) is 0 Å². The van der Waals surface area contributed by atoms with Crippen molar-refractivity contribution >= 4 is 0 Å². The van der Waals surface area contributed by atoms with Gasteiger partial charge in [-0.25, -0.2) is 0 Å². The van der Waals surface area contributed by atoms with E-state index in [-0.39, 0.29) is 0 Å². The van der Waals surface area contributed by atoms with Crippen LogP contribution in [0.15, 0.2) is 0 Å². The van der Waals surface area contributed by atoms with E-state index in [9.17, 15) is 40.9 Å². The Morgan fingerprint density at radius 1 is 0.279 bits per heavy atom. The molecule has 356 valence electrons. The Kier molecular flexibility index (Phi) is 16.1. The van der Waals surface area contributed by atoms with Crippen molar-refractivity contribution in [3.8, 4) is 0 Å². The Hall–Kier alpha value is -1.00. The lowest BCUT2D eigenvalue weighted by Gasteiger charge is -2.51. The maximum absolute atomic E-state index is 11.7. The van der Waals surface area contributed by atoms with E-state index in [1.807, 2.05) is 0 Å². The zero-order valence-electron chi connectivity index (χ0n) is 34.9. The predicted molar refractivity (Wildman–Crippen MR) is 202 cm³/mol. The highest BCUT2D eigenvalue weighted by atomic mass is 16.8. The van der Waals surface area contributed by atoms with Gasteiger partial charge in [-0.15, -0.1) is 0 Å². The molecule has 0 bridgehead atoms. The fourth-order valence-corrected chi connectivity index (χ4v) is 8.30. The Labute approximate surface area is 352 Å². The van der Waals surface area contributed by atoms with Gasteiger partial charge in [-0.1, -0.05) is 0 Å². The molecule has 6 aliphatic rings. The van der Waals surface area contributed by atoms with Gasteiger partial charge >= 0.3 is 0 Å². The first-order valence-electron chi connectivity index (χ1n) is 20.7. The maximum atomic E-state index is 11.7. The fourth-order valence-electron chi connectivity index (χ4n) is 8.30. The number of rotatable bonds is 10. The molecule has 0 aromatic rings. The average molecular weight is 889 g/mol. The largest absolute Gasteiger partial charge is 0.388 e. The Morgan fingerprint density at radius 3 is 0.803 bits per heavy atom.